The van der Waals surface area contributed by atoms with Gasteiger partial charge in [-0.25, -0.2) is 0 Å². The van der Waals surface area contributed by atoms with E-state index in [1.807, 2.05) is 17.5 Å². The molecule has 1 heterocycles. The molecule has 0 saturated carbocycles. The van der Waals surface area contributed by atoms with Crippen molar-refractivity contribution in [2.24, 2.45) is 10.7 Å². The first-order valence-corrected chi connectivity index (χ1v) is 7.47. The van der Waals surface area contributed by atoms with Gasteiger partial charge in [-0.05, 0) is 40.1 Å². The highest BCUT2D eigenvalue weighted by atomic mass is 127. The van der Waals surface area contributed by atoms with E-state index in [4.69, 9.17) is 5.73 Å². The minimum Gasteiger partial charge on any atom is -0.366 e. The number of rotatable bonds is 5. The van der Waals surface area contributed by atoms with Crippen LogP contribution in [0.2, 0.25) is 0 Å². The van der Waals surface area contributed by atoms with Crippen molar-refractivity contribution in [2.45, 2.75) is 13.1 Å². The number of benzene rings is 1. The van der Waals surface area contributed by atoms with Crippen LogP contribution in [-0.4, -0.2) is 18.9 Å². The zero-order valence-electron chi connectivity index (χ0n) is 12.2. The summed E-state index contributed by atoms with van der Waals surface area (Å²) in [4.78, 5) is 15.2. The largest absolute Gasteiger partial charge is 0.366 e. The molecular formula is C15H19IN4OS. The maximum Gasteiger partial charge on any atom is 0.248 e. The highest BCUT2D eigenvalue weighted by molar-refractivity contribution is 14.0. The summed E-state index contributed by atoms with van der Waals surface area (Å²) in [5.41, 5.74) is 8.01. The van der Waals surface area contributed by atoms with Gasteiger partial charge in [0.25, 0.3) is 0 Å². The van der Waals surface area contributed by atoms with Crippen LogP contribution in [0, 0.1) is 0 Å². The molecule has 1 aromatic heterocycles. The van der Waals surface area contributed by atoms with Gasteiger partial charge in [-0.1, -0.05) is 12.1 Å². The van der Waals surface area contributed by atoms with Crippen LogP contribution < -0.4 is 16.4 Å². The summed E-state index contributed by atoms with van der Waals surface area (Å²) in [7, 11) is 1.74. The van der Waals surface area contributed by atoms with E-state index in [2.05, 4.69) is 27.1 Å². The van der Waals surface area contributed by atoms with Gasteiger partial charge < -0.3 is 16.4 Å². The van der Waals surface area contributed by atoms with Crippen molar-refractivity contribution < 1.29 is 4.79 Å². The molecule has 0 bridgehead atoms. The molecule has 0 atom stereocenters. The minimum atomic E-state index is -0.414. The number of nitrogens with zero attached hydrogens (tertiary/aromatic N) is 1. The van der Waals surface area contributed by atoms with E-state index < -0.39 is 5.91 Å². The summed E-state index contributed by atoms with van der Waals surface area (Å²) in [6.07, 6.45) is 0. The Morgan fingerprint density at radius 3 is 2.27 bits per heavy atom. The topological polar surface area (TPSA) is 79.5 Å². The summed E-state index contributed by atoms with van der Waals surface area (Å²) in [6, 6.07) is 9.27. The number of hydrogen-bond acceptors (Lipinski definition) is 3. The molecule has 0 aliphatic rings. The molecule has 0 spiro atoms. The summed E-state index contributed by atoms with van der Waals surface area (Å²) in [5.74, 6) is 0.322. The lowest BCUT2D eigenvalue weighted by Crippen LogP contribution is -2.36. The van der Waals surface area contributed by atoms with Crippen LogP contribution in [0.5, 0.6) is 0 Å². The van der Waals surface area contributed by atoms with E-state index in [1.54, 1.807) is 30.5 Å². The molecule has 0 unspecified atom stereocenters. The second-order valence-corrected chi connectivity index (χ2v) is 5.25. The first kappa shape index (κ1) is 18.4. The standard InChI is InChI=1S/C15H18N4OS.HI/c1-17-15(19-9-12-6-7-21-10-12)18-8-11-2-4-13(5-3-11)14(16)20;/h2-7,10H,8-9H2,1H3,(H2,16,20)(H2,17,18,19);1H. The number of aliphatic imine (C=N–C) groups is 1. The second kappa shape index (κ2) is 9.42. The smallest absolute Gasteiger partial charge is 0.248 e. The van der Waals surface area contributed by atoms with Gasteiger partial charge in [0.1, 0.15) is 0 Å². The van der Waals surface area contributed by atoms with Gasteiger partial charge in [-0.3, -0.25) is 9.79 Å². The SMILES string of the molecule is CN=C(NCc1ccc(C(N)=O)cc1)NCc1ccsc1.I. The molecule has 7 heteroatoms. The van der Waals surface area contributed by atoms with Crippen LogP contribution in [0.4, 0.5) is 0 Å². The average molecular weight is 430 g/mol. The minimum absolute atomic E-state index is 0. The van der Waals surface area contributed by atoms with Crippen molar-refractivity contribution in [3.05, 3.63) is 57.8 Å². The van der Waals surface area contributed by atoms with Crippen LogP contribution in [0.1, 0.15) is 21.5 Å². The normalized spacial score (nSPS) is 10.7. The van der Waals surface area contributed by atoms with E-state index in [-0.39, 0.29) is 24.0 Å². The number of primary amides is 1. The summed E-state index contributed by atoms with van der Waals surface area (Å²) in [6.45, 7) is 1.37. The Kier molecular flexibility index (Phi) is 7.89. The number of thiophene rings is 1. The number of guanidine groups is 1. The number of halogens is 1. The number of carbonyl (C=O) groups is 1. The van der Waals surface area contributed by atoms with E-state index in [9.17, 15) is 4.79 Å². The predicted octanol–water partition coefficient (Wildman–Crippen LogP) is 2.33. The number of amides is 1. The van der Waals surface area contributed by atoms with Crippen LogP contribution in [-0.2, 0) is 13.1 Å². The lowest BCUT2D eigenvalue weighted by Gasteiger charge is -2.11. The Balaban J connectivity index is 0.00000242. The van der Waals surface area contributed by atoms with Crippen LogP contribution in [0.3, 0.4) is 0 Å². The first-order valence-electron chi connectivity index (χ1n) is 6.53. The Hall–Kier alpha value is -1.61. The number of nitrogens with one attached hydrogen (secondary N) is 2. The average Bonchev–Trinajstić information content (AvgIpc) is 3.01. The third-order valence-corrected chi connectivity index (χ3v) is 3.69. The molecule has 1 amide bonds. The van der Waals surface area contributed by atoms with Crippen LogP contribution >= 0.6 is 35.3 Å². The van der Waals surface area contributed by atoms with Crippen molar-refractivity contribution in [3.8, 4) is 0 Å². The summed E-state index contributed by atoms with van der Waals surface area (Å²) >= 11 is 1.67. The quantitative estimate of drug-likeness (QED) is 0.387. The van der Waals surface area contributed by atoms with E-state index in [0.29, 0.717) is 12.1 Å². The Morgan fingerprint density at radius 1 is 1.14 bits per heavy atom. The monoisotopic (exact) mass is 430 g/mol. The zero-order valence-corrected chi connectivity index (χ0v) is 15.4. The number of nitrogens with two attached hydrogens (primary N) is 1. The van der Waals surface area contributed by atoms with Gasteiger partial charge >= 0.3 is 0 Å². The van der Waals surface area contributed by atoms with Crippen molar-refractivity contribution in [1.29, 1.82) is 0 Å². The summed E-state index contributed by atoms with van der Waals surface area (Å²) in [5, 5.41) is 10.6. The lowest BCUT2D eigenvalue weighted by atomic mass is 10.1. The molecule has 2 aromatic rings. The maximum atomic E-state index is 11.0. The van der Waals surface area contributed by atoms with E-state index in [1.165, 1.54) is 5.56 Å². The highest BCUT2D eigenvalue weighted by Crippen LogP contribution is 2.05. The molecule has 0 fully saturated rings. The van der Waals surface area contributed by atoms with Crippen LogP contribution in [0.25, 0.3) is 0 Å². The summed E-state index contributed by atoms with van der Waals surface area (Å²) < 4.78 is 0. The molecule has 0 saturated heterocycles. The van der Waals surface area contributed by atoms with Crippen molar-refractivity contribution in [2.75, 3.05) is 7.05 Å². The van der Waals surface area contributed by atoms with Gasteiger partial charge in [0.2, 0.25) is 5.91 Å². The van der Waals surface area contributed by atoms with Gasteiger partial charge in [0, 0.05) is 25.7 Å². The van der Waals surface area contributed by atoms with Crippen molar-refractivity contribution in [3.63, 3.8) is 0 Å². The maximum absolute atomic E-state index is 11.0. The van der Waals surface area contributed by atoms with Gasteiger partial charge in [0.15, 0.2) is 5.96 Å². The van der Waals surface area contributed by atoms with Gasteiger partial charge in [-0.15, -0.1) is 24.0 Å². The zero-order chi connectivity index (χ0) is 15.1. The fraction of sp³-hybridized carbons (Fsp3) is 0.200. The first-order chi connectivity index (χ1) is 10.2. The molecule has 2 rings (SSSR count). The molecular weight excluding hydrogens is 411 g/mol. The molecule has 4 N–H and O–H groups in total. The second-order valence-electron chi connectivity index (χ2n) is 4.47. The molecule has 0 aliphatic carbocycles. The molecule has 0 aliphatic heterocycles. The third kappa shape index (κ3) is 5.64. The van der Waals surface area contributed by atoms with Crippen molar-refractivity contribution >= 4 is 47.2 Å². The highest BCUT2D eigenvalue weighted by Gasteiger charge is 2.01. The van der Waals surface area contributed by atoms with E-state index in [0.717, 1.165) is 18.1 Å². The molecule has 22 heavy (non-hydrogen) atoms. The molecule has 118 valence electrons. The molecule has 5 nitrogen and oxygen atoms in total. The Labute approximate surface area is 151 Å². The van der Waals surface area contributed by atoms with Gasteiger partial charge in [-0.2, -0.15) is 11.3 Å². The van der Waals surface area contributed by atoms with Gasteiger partial charge in [0.05, 0.1) is 0 Å². The van der Waals surface area contributed by atoms with Crippen molar-refractivity contribution in [1.82, 2.24) is 10.6 Å². The fourth-order valence-electron chi connectivity index (χ4n) is 1.77. The Bertz CT molecular complexity index is 611. The lowest BCUT2D eigenvalue weighted by molar-refractivity contribution is 0.100. The molecule has 1 aromatic carbocycles. The Morgan fingerprint density at radius 2 is 1.77 bits per heavy atom. The third-order valence-electron chi connectivity index (χ3n) is 2.96. The van der Waals surface area contributed by atoms with E-state index >= 15 is 0 Å². The molecule has 0 radical (unpaired) electrons. The number of carbonyl (C=O) groups excluding carboxylic acids is 1. The number of hydrogen-bond donors (Lipinski definition) is 3. The fourth-order valence-corrected chi connectivity index (χ4v) is 2.44. The van der Waals surface area contributed by atoms with Crippen LogP contribution in [0.15, 0.2) is 46.1 Å². The predicted molar refractivity (Wildman–Crippen MR) is 102 cm³/mol.